The van der Waals surface area contributed by atoms with Crippen LogP contribution in [-0.4, -0.2) is 33.1 Å². The number of pyridine rings is 1. The molecule has 1 N–H and O–H groups in total. The Morgan fingerprint density at radius 3 is 2.41 bits per heavy atom. The first-order chi connectivity index (χ1) is 13.4. The molecule has 0 aliphatic carbocycles. The molecule has 2 rings (SSSR count). The van der Waals surface area contributed by atoms with E-state index in [4.69, 9.17) is 11.6 Å². The lowest BCUT2D eigenvalue weighted by Crippen LogP contribution is -2.36. The number of nitrogens with zero attached hydrogens (tertiary/aromatic N) is 3. The predicted octanol–water partition coefficient (Wildman–Crippen LogP) is 5.93. The first-order valence-corrected chi connectivity index (χ1v) is 9.30. The minimum Gasteiger partial charge on any atom is -0.434 e. The van der Waals surface area contributed by atoms with Gasteiger partial charge in [-0.3, -0.25) is 4.68 Å². The van der Waals surface area contributed by atoms with Gasteiger partial charge in [0.15, 0.2) is 0 Å². The molecule has 2 heterocycles. The predicted molar refractivity (Wildman–Crippen MR) is 101 cm³/mol. The van der Waals surface area contributed by atoms with Gasteiger partial charge in [0.1, 0.15) is 11.6 Å². The molecule has 0 saturated carbocycles. The maximum absolute atomic E-state index is 13.0. The molecule has 0 aromatic carbocycles. The number of halogens is 6. The highest BCUT2D eigenvalue weighted by molar-refractivity contribution is 6.33. The summed E-state index contributed by atoms with van der Waals surface area (Å²) in [6.07, 6.45) is -3.78. The molecule has 0 aliphatic heterocycles. The van der Waals surface area contributed by atoms with Gasteiger partial charge in [-0.15, -0.1) is 0 Å². The highest BCUT2D eigenvalue weighted by atomic mass is 35.5. The summed E-state index contributed by atoms with van der Waals surface area (Å²) in [5.74, 6) is -0.299. The molecule has 0 fully saturated rings. The molecule has 29 heavy (non-hydrogen) atoms. The molecule has 11 heteroatoms. The summed E-state index contributed by atoms with van der Waals surface area (Å²) in [5, 5.41) is 7.24. The molecule has 162 valence electrons. The van der Waals surface area contributed by atoms with E-state index < -0.39 is 24.7 Å². The molecule has 0 atom stereocenters. The van der Waals surface area contributed by atoms with Crippen LogP contribution in [0.25, 0.3) is 11.3 Å². The fourth-order valence-corrected chi connectivity index (χ4v) is 3.34. The van der Waals surface area contributed by atoms with Crippen LogP contribution in [0.3, 0.4) is 0 Å². The minimum atomic E-state index is -4.41. The number of aromatic nitrogens is 3. The number of rotatable bonds is 8. The summed E-state index contributed by atoms with van der Waals surface area (Å²) in [7, 11) is 0. The average Bonchev–Trinajstić information content (AvgIpc) is 2.87. The summed E-state index contributed by atoms with van der Waals surface area (Å²) in [6.45, 7) is 3.60. The smallest absolute Gasteiger partial charge is 0.391 e. The third-order valence-corrected chi connectivity index (χ3v) is 4.44. The molecule has 0 unspecified atom stereocenters. The summed E-state index contributed by atoms with van der Waals surface area (Å²) < 4.78 is 70.4. The van der Waals surface area contributed by atoms with Crippen molar-refractivity contribution < 1.29 is 26.7 Å². The van der Waals surface area contributed by atoms with E-state index in [9.17, 15) is 22.0 Å². The van der Waals surface area contributed by atoms with Gasteiger partial charge in [0, 0.05) is 24.3 Å². The summed E-state index contributed by atoms with van der Waals surface area (Å²) in [4.78, 5) is 4.09. The molecule has 0 radical (unpaired) electrons. The molecular weight excluding hydrogens is 419 g/mol. The number of anilines is 1. The van der Waals surface area contributed by atoms with Crippen LogP contribution in [0.1, 0.15) is 39.8 Å². The Hall–Kier alpha value is -2.10. The fraction of sp³-hybridized carbons (Fsp3) is 0.556. The van der Waals surface area contributed by atoms with E-state index in [0.717, 1.165) is 6.07 Å². The van der Waals surface area contributed by atoms with Gasteiger partial charge in [-0.05, 0) is 27.2 Å². The van der Waals surface area contributed by atoms with Crippen LogP contribution in [0.15, 0.2) is 12.3 Å². The van der Waals surface area contributed by atoms with Gasteiger partial charge in [0.05, 0.1) is 28.4 Å². The second-order valence-electron chi connectivity index (χ2n) is 7.02. The Morgan fingerprint density at radius 1 is 1.24 bits per heavy atom. The van der Waals surface area contributed by atoms with Crippen molar-refractivity contribution in [3.63, 3.8) is 0 Å². The third kappa shape index (κ3) is 5.94. The molecule has 0 amide bonds. The van der Waals surface area contributed by atoms with E-state index in [2.05, 4.69) is 20.1 Å². The van der Waals surface area contributed by atoms with E-state index in [-0.39, 0.29) is 22.2 Å². The Bertz CT molecular complexity index is 852. The number of alkyl halides is 5. The number of aryl methyl sites for hydroxylation is 2. The van der Waals surface area contributed by atoms with E-state index >= 15 is 0 Å². The number of nitrogens with one attached hydrogen (secondary N) is 1. The SMILES string of the molecule is CCc1nn(CC)c(-c2cnc(NC(C)(C)CC(F)(F)F)cc2OC(F)F)c1Cl. The van der Waals surface area contributed by atoms with Crippen LogP contribution >= 0.6 is 11.6 Å². The highest BCUT2D eigenvalue weighted by Crippen LogP contribution is 2.39. The molecule has 0 aliphatic rings. The van der Waals surface area contributed by atoms with Crippen molar-refractivity contribution in [1.29, 1.82) is 0 Å². The lowest BCUT2D eigenvalue weighted by molar-refractivity contribution is -0.142. The largest absolute Gasteiger partial charge is 0.434 e. The van der Waals surface area contributed by atoms with Gasteiger partial charge < -0.3 is 10.1 Å². The topological polar surface area (TPSA) is 52.0 Å². The number of ether oxygens (including phenoxy) is 1. The van der Waals surface area contributed by atoms with Crippen molar-refractivity contribution in [1.82, 2.24) is 14.8 Å². The van der Waals surface area contributed by atoms with Crippen LogP contribution < -0.4 is 10.1 Å². The van der Waals surface area contributed by atoms with Crippen molar-refractivity contribution >= 4 is 17.4 Å². The van der Waals surface area contributed by atoms with Gasteiger partial charge in [0.2, 0.25) is 0 Å². The Kier molecular flexibility index (Phi) is 6.97. The molecule has 2 aromatic rings. The maximum Gasteiger partial charge on any atom is 0.391 e. The molecule has 5 nitrogen and oxygen atoms in total. The van der Waals surface area contributed by atoms with Crippen molar-refractivity contribution in [3.05, 3.63) is 23.0 Å². The monoisotopic (exact) mass is 440 g/mol. The van der Waals surface area contributed by atoms with E-state index in [1.54, 1.807) is 0 Å². The zero-order valence-corrected chi connectivity index (χ0v) is 17.1. The van der Waals surface area contributed by atoms with Gasteiger partial charge in [-0.1, -0.05) is 18.5 Å². The second-order valence-corrected chi connectivity index (χ2v) is 7.40. The molecule has 0 spiro atoms. The van der Waals surface area contributed by atoms with Crippen LogP contribution in [0.2, 0.25) is 5.02 Å². The molecule has 0 bridgehead atoms. The van der Waals surface area contributed by atoms with Gasteiger partial charge in [0.25, 0.3) is 0 Å². The van der Waals surface area contributed by atoms with Crippen molar-refractivity contribution in [2.75, 3.05) is 5.32 Å². The lowest BCUT2D eigenvalue weighted by atomic mass is 10.0. The molecule has 0 saturated heterocycles. The summed E-state index contributed by atoms with van der Waals surface area (Å²) >= 11 is 6.38. The van der Waals surface area contributed by atoms with Crippen molar-refractivity contribution in [3.8, 4) is 17.0 Å². The zero-order chi connectivity index (χ0) is 22.0. The highest BCUT2D eigenvalue weighted by Gasteiger charge is 2.37. The van der Waals surface area contributed by atoms with E-state index in [0.29, 0.717) is 24.4 Å². The Labute approximate surface area is 170 Å². The van der Waals surface area contributed by atoms with Crippen LogP contribution in [0.5, 0.6) is 5.75 Å². The Morgan fingerprint density at radius 2 is 1.90 bits per heavy atom. The molecular formula is C18H22ClF5N4O. The van der Waals surface area contributed by atoms with Crippen molar-refractivity contribution in [2.45, 2.75) is 65.4 Å². The van der Waals surface area contributed by atoms with Crippen molar-refractivity contribution in [2.24, 2.45) is 0 Å². The zero-order valence-electron chi connectivity index (χ0n) is 16.4. The van der Waals surface area contributed by atoms with E-state index in [1.165, 1.54) is 24.7 Å². The number of hydrogen-bond acceptors (Lipinski definition) is 4. The molecule has 2 aromatic heterocycles. The standard InChI is InChI=1S/C18H22ClF5N4O/c1-5-11-14(19)15(28(6-2)27-11)10-8-25-13(7-12(10)29-16(20)21)26-17(3,4)9-18(22,23)24/h7-8,16H,5-6,9H2,1-4H3,(H,25,26). The van der Waals surface area contributed by atoms with Gasteiger partial charge in [-0.2, -0.15) is 27.1 Å². The fourth-order valence-electron chi connectivity index (χ4n) is 2.97. The van der Waals surface area contributed by atoms with Crippen LogP contribution in [0, 0.1) is 0 Å². The van der Waals surface area contributed by atoms with E-state index in [1.807, 2.05) is 13.8 Å². The quantitative estimate of drug-likeness (QED) is 0.517. The first-order valence-electron chi connectivity index (χ1n) is 8.92. The number of hydrogen-bond donors (Lipinski definition) is 1. The lowest BCUT2D eigenvalue weighted by Gasteiger charge is -2.28. The van der Waals surface area contributed by atoms with Crippen LogP contribution in [0.4, 0.5) is 27.8 Å². The van der Waals surface area contributed by atoms with Gasteiger partial charge >= 0.3 is 12.8 Å². The Balaban J connectivity index is 2.50. The maximum atomic E-state index is 13.0. The third-order valence-electron chi connectivity index (χ3n) is 4.04. The van der Waals surface area contributed by atoms with Gasteiger partial charge in [-0.25, -0.2) is 4.98 Å². The van der Waals surface area contributed by atoms with Crippen LogP contribution in [-0.2, 0) is 13.0 Å². The normalized spacial score (nSPS) is 12.5. The average molecular weight is 441 g/mol. The summed E-state index contributed by atoms with van der Waals surface area (Å²) in [5.41, 5.74) is -0.300. The first kappa shape index (κ1) is 23.2. The minimum absolute atomic E-state index is 0.0342. The second kappa shape index (κ2) is 8.73. The summed E-state index contributed by atoms with van der Waals surface area (Å²) in [6, 6.07) is 1.13.